The van der Waals surface area contributed by atoms with E-state index in [0.29, 0.717) is 6.26 Å². The highest BCUT2D eigenvalue weighted by molar-refractivity contribution is 7.93. The Bertz CT molecular complexity index is 695. The van der Waals surface area contributed by atoms with Crippen molar-refractivity contribution in [2.45, 2.75) is 15.5 Å². The van der Waals surface area contributed by atoms with Crippen LogP contribution in [0.4, 0.5) is 4.48 Å². The first-order valence-electron chi connectivity index (χ1n) is 5.65. The first-order chi connectivity index (χ1) is 9.48. The van der Waals surface area contributed by atoms with Gasteiger partial charge in [0.25, 0.3) is 5.12 Å². The highest BCUT2D eigenvalue weighted by Crippen LogP contribution is 2.25. The predicted octanol–water partition coefficient (Wildman–Crippen LogP) is -1.28. The Morgan fingerprint density at radius 1 is 1.24 bits per heavy atom. The molecule has 11 heteroatoms. The molecule has 0 radical (unpaired) electrons. The largest absolute Gasteiger partial charge is 0.301 e. The van der Waals surface area contributed by atoms with Crippen LogP contribution in [0.5, 0.6) is 0 Å². The van der Waals surface area contributed by atoms with E-state index in [1.54, 1.807) is 6.07 Å². The summed E-state index contributed by atoms with van der Waals surface area (Å²) in [6.07, 6.45) is 0.662. The van der Waals surface area contributed by atoms with Crippen LogP contribution in [-0.4, -0.2) is 45.9 Å². The molecule has 0 aliphatic heterocycles. The number of nitrogens with one attached hydrogen (secondary N) is 1. The van der Waals surface area contributed by atoms with Crippen molar-refractivity contribution in [3.8, 4) is 0 Å². The zero-order valence-electron chi connectivity index (χ0n) is 11.4. The Labute approximate surface area is 122 Å². The number of rotatable bonds is 6. The van der Waals surface area contributed by atoms with Gasteiger partial charge in [-0.25, -0.2) is 16.8 Å². The monoisotopic (exact) mass is 340 g/mol. The van der Waals surface area contributed by atoms with E-state index in [1.165, 1.54) is 24.3 Å². The fourth-order valence-corrected chi connectivity index (χ4v) is 3.55. The third kappa shape index (κ3) is 3.22. The number of sulfone groups is 2. The van der Waals surface area contributed by atoms with E-state index in [9.17, 15) is 21.3 Å². The van der Waals surface area contributed by atoms with E-state index in [2.05, 4.69) is 5.32 Å². The molecule has 120 valence electrons. The van der Waals surface area contributed by atoms with Crippen molar-refractivity contribution in [2.24, 2.45) is 11.5 Å². The average molecular weight is 340 g/mol. The number of benzene rings is 1. The minimum Gasteiger partial charge on any atom is -0.301 e. The third-order valence-corrected chi connectivity index (χ3v) is 5.95. The van der Waals surface area contributed by atoms with E-state index < -0.39 is 35.4 Å². The molecule has 2 atom stereocenters. The molecular weight excluding hydrogens is 323 g/mol. The van der Waals surface area contributed by atoms with Gasteiger partial charge >= 0.3 is 0 Å². The molecule has 0 saturated heterocycles. The van der Waals surface area contributed by atoms with Crippen molar-refractivity contribution in [1.29, 1.82) is 0 Å². The van der Waals surface area contributed by atoms with E-state index in [1.807, 2.05) is 0 Å². The molecule has 5 N–H and O–H groups in total. The number of halogens is 1. The number of hydrogen-bond donors (Lipinski definition) is 3. The molecule has 0 aliphatic rings. The molecule has 0 saturated carbocycles. The Morgan fingerprint density at radius 3 is 2.10 bits per heavy atom. The van der Waals surface area contributed by atoms with Gasteiger partial charge < -0.3 is 5.73 Å². The summed E-state index contributed by atoms with van der Waals surface area (Å²) in [4.78, 5) is -0.287. The van der Waals surface area contributed by atoms with Crippen LogP contribution in [0.25, 0.3) is 0 Å². The number of nitrogens with two attached hydrogens (primary N) is 2. The summed E-state index contributed by atoms with van der Waals surface area (Å²) in [5.74, 6) is 0. The summed E-state index contributed by atoms with van der Waals surface area (Å²) in [6.45, 7) is 0. The first-order valence-corrected chi connectivity index (χ1v) is 9.09. The van der Waals surface area contributed by atoms with Crippen LogP contribution in [0, 0.1) is 0 Å². The lowest BCUT2D eigenvalue weighted by Crippen LogP contribution is -2.70. The summed E-state index contributed by atoms with van der Waals surface area (Å²) in [5, 5.41) is -1.40. The average Bonchev–Trinajstić information content (AvgIpc) is 2.44. The molecule has 1 aromatic carbocycles. The van der Waals surface area contributed by atoms with Crippen LogP contribution in [0.3, 0.4) is 0 Å². The molecule has 21 heavy (non-hydrogen) atoms. The van der Waals surface area contributed by atoms with E-state index in [-0.39, 0.29) is 4.90 Å². The lowest BCUT2D eigenvalue weighted by atomic mass is 10.4. The maximum atomic E-state index is 14.3. The lowest BCUT2D eigenvalue weighted by Gasteiger charge is -2.35. The van der Waals surface area contributed by atoms with E-state index in [4.69, 9.17) is 11.5 Å². The smallest absolute Gasteiger partial charge is 0.262 e. The molecule has 1 rings (SSSR count). The van der Waals surface area contributed by atoms with Gasteiger partial charge in [0, 0.05) is 6.26 Å². The van der Waals surface area contributed by atoms with Crippen molar-refractivity contribution in [1.82, 2.24) is 10.4 Å². The molecule has 8 nitrogen and oxygen atoms in total. The molecule has 0 spiro atoms. The van der Waals surface area contributed by atoms with Gasteiger partial charge in [0.15, 0.2) is 15.3 Å². The molecule has 0 aliphatic carbocycles. The second-order valence-corrected chi connectivity index (χ2v) is 8.54. The van der Waals surface area contributed by atoms with Crippen molar-refractivity contribution < 1.29 is 21.3 Å². The minimum atomic E-state index is -4.48. The molecule has 1 aromatic rings. The van der Waals surface area contributed by atoms with E-state index in [0.717, 1.165) is 7.05 Å². The van der Waals surface area contributed by atoms with Gasteiger partial charge in [-0.15, -0.1) is 4.48 Å². The normalized spacial score (nSPS) is 17.4. The van der Waals surface area contributed by atoms with Gasteiger partial charge in [-0.1, -0.05) is 23.3 Å². The van der Waals surface area contributed by atoms with Crippen LogP contribution in [-0.2, 0) is 19.7 Å². The number of nitrogens with zero attached hydrogens (tertiary/aromatic N) is 1. The summed E-state index contributed by atoms with van der Waals surface area (Å²) < 4.78 is 61.8. The van der Waals surface area contributed by atoms with Gasteiger partial charge in [-0.05, 0) is 19.2 Å². The highest BCUT2D eigenvalue weighted by atomic mass is 32.2. The third-order valence-electron chi connectivity index (χ3n) is 2.80. The topological polar surface area (TPSA) is 136 Å². The van der Waals surface area contributed by atoms with Crippen molar-refractivity contribution in [3.05, 3.63) is 30.3 Å². The van der Waals surface area contributed by atoms with Crippen molar-refractivity contribution in [2.75, 3.05) is 13.3 Å². The Kier molecular flexibility index (Phi) is 5.08. The molecular formula is C10H17FN4O4S2. The second kappa shape index (κ2) is 5.94. The summed E-state index contributed by atoms with van der Waals surface area (Å²) in [7, 11) is -7.50. The predicted molar refractivity (Wildman–Crippen MR) is 75.4 cm³/mol. The second-order valence-electron chi connectivity index (χ2n) is 4.29. The van der Waals surface area contributed by atoms with Crippen LogP contribution < -0.4 is 16.8 Å². The van der Waals surface area contributed by atoms with Crippen LogP contribution in [0.1, 0.15) is 0 Å². The lowest BCUT2D eigenvalue weighted by molar-refractivity contribution is -0.0659. The van der Waals surface area contributed by atoms with Gasteiger partial charge in [-0.2, -0.15) is 0 Å². The van der Waals surface area contributed by atoms with Crippen molar-refractivity contribution >= 4 is 19.7 Å². The fraction of sp³-hybridized carbons (Fsp3) is 0.400. The minimum absolute atomic E-state index is 0.287. The highest BCUT2D eigenvalue weighted by Gasteiger charge is 2.50. The quantitative estimate of drug-likeness (QED) is 0.430. The Morgan fingerprint density at radius 2 is 1.71 bits per heavy atom. The van der Waals surface area contributed by atoms with Gasteiger partial charge in [0.2, 0.25) is 9.84 Å². The Balaban J connectivity index is 3.40. The summed E-state index contributed by atoms with van der Waals surface area (Å²) >= 11 is 0. The maximum absolute atomic E-state index is 14.3. The SMILES string of the molecule is CNC(N)(N(F)C(N)S(C)(=O)=O)S(=O)(=O)c1ccccc1. The molecule has 0 aromatic heterocycles. The first kappa shape index (κ1) is 17.9. The van der Waals surface area contributed by atoms with Crippen LogP contribution >= 0.6 is 0 Å². The molecule has 0 heterocycles. The zero-order chi connectivity index (χ0) is 16.5. The maximum Gasteiger partial charge on any atom is 0.262 e. The van der Waals surface area contributed by atoms with Crippen LogP contribution in [0.15, 0.2) is 35.2 Å². The van der Waals surface area contributed by atoms with Gasteiger partial charge in [-0.3, -0.25) is 11.1 Å². The fourth-order valence-electron chi connectivity index (χ4n) is 1.49. The molecule has 0 bridgehead atoms. The van der Waals surface area contributed by atoms with E-state index >= 15 is 0 Å². The van der Waals surface area contributed by atoms with Crippen LogP contribution in [0.2, 0.25) is 0 Å². The molecule has 0 amide bonds. The zero-order valence-corrected chi connectivity index (χ0v) is 13.0. The van der Waals surface area contributed by atoms with Gasteiger partial charge in [0.05, 0.1) is 4.90 Å². The summed E-state index contributed by atoms with van der Waals surface area (Å²) in [6, 6.07) is 6.80. The standard InChI is InChI=1S/C10H17FN4O4S2/c1-14-10(13,15(11)9(12)20(2,16)17)21(18,19)8-6-4-3-5-7-8/h3-7,9,14H,12-13H2,1-2H3. The van der Waals surface area contributed by atoms with Crippen molar-refractivity contribution in [3.63, 3.8) is 0 Å². The van der Waals surface area contributed by atoms with Gasteiger partial charge in [0.1, 0.15) is 0 Å². The number of hydrogen-bond acceptors (Lipinski definition) is 8. The molecule has 0 fully saturated rings. The Hall–Kier alpha value is -1.11. The molecule has 2 unspecified atom stereocenters. The summed E-state index contributed by atoms with van der Waals surface area (Å²) in [5.41, 5.74) is 8.52.